The standard InChI is InChI=1S/C13H12N2O3/c1-9-5-3-4-6-11(9)7-8-12-13(15(16)17)10(2)14-18-12/h3-8H,1-2H3. The summed E-state index contributed by atoms with van der Waals surface area (Å²) >= 11 is 0. The maximum Gasteiger partial charge on any atom is 0.338 e. The van der Waals surface area contributed by atoms with E-state index in [2.05, 4.69) is 5.16 Å². The van der Waals surface area contributed by atoms with Gasteiger partial charge in [-0.25, -0.2) is 0 Å². The van der Waals surface area contributed by atoms with Crippen molar-refractivity contribution in [2.24, 2.45) is 0 Å². The van der Waals surface area contributed by atoms with E-state index in [1.165, 1.54) is 0 Å². The lowest BCUT2D eigenvalue weighted by molar-refractivity contribution is -0.386. The molecule has 2 aromatic rings. The Morgan fingerprint density at radius 3 is 2.67 bits per heavy atom. The Morgan fingerprint density at radius 1 is 1.28 bits per heavy atom. The highest BCUT2D eigenvalue weighted by Gasteiger charge is 2.21. The Morgan fingerprint density at radius 2 is 2.00 bits per heavy atom. The highest BCUT2D eigenvalue weighted by atomic mass is 16.6. The lowest BCUT2D eigenvalue weighted by Gasteiger charge is -1.97. The monoisotopic (exact) mass is 244 g/mol. The van der Waals surface area contributed by atoms with Crippen LogP contribution in [0.4, 0.5) is 5.69 Å². The van der Waals surface area contributed by atoms with E-state index in [1.54, 1.807) is 19.1 Å². The summed E-state index contributed by atoms with van der Waals surface area (Å²) in [4.78, 5) is 10.4. The van der Waals surface area contributed by atoms with Crippen molar-refractivity contribution in [3.63, 3.8) is 0 Å². The Kier molecular flexibility index (Phi) is 3.23. The molecule has 1 aromatic carbocycles. The van der Waals surface area contributed by atoms with Gasteiger partial charge in [0.1, 0.15) is 0 Å². The molecule has 0 N–H and O–H groups in total. The van der Waals surface area contributed by atoms with Crippen LogP contribution in [-0.4, -0.2) is 10.1 Å². The lowest BCUT2D eigenvalue weighted by Crippen LogP contribution is -1.90. The molecule has 1 heterocycles. The average Bonchev–Trinajstić information content (AvgIpc) is 2.69. The molecular weight excluding hydrogens is 232 g/mol. The first-order chi connectivity index (χ1) is 8.59. The topological polar surface area (TPSA) is 69.2 Å². The van der Waals surface area contributed by atoms with Crippen molar-refractivity contribution in [3.05, 3.63) is 57.0 Å². The number of nitro groups is 1. The molecule has 0 saturated carbocycles. The number of hydrogen-bond donors (Lipinski definition) is 0. The summed E-state index contributed by atoms with van der Waals surface area (Å²) in [6.45, 7) is 3.52. The molecule has 0 bridgehead atoms. The van der Waals surface area contributed by atoms with Crippen LogP contribution in [0.25, 0.3) is 12.2 Å². The predicted octanol–water partition coefficient (Wildman–Crippen LogP) is 3.37. The molecule has 0 aliphatic heterocycles. The second-order valence-electron chi connectivity index (χ2n) is 3.93. The van der Waals surface area contributed by atoms with Gasteiger partial charge >= 0.3 is 5.69 Å². The first-order valence-corrected chi connectivity index (χ1v) is 5.44. The van der Waals surface area contributed by atoms with E-state index in [0.29, 0.717) is 0 Å². The smallest absolute Gasteiger partial charge is 0.338 e. The zero-order valence-corrected chi connectivity index (χ0v) is 10.1. The van der Waals surface area contributed by atoms with Gasteiger partial charge in [0.15, 0.2) is 5.69 Å². The minimum atomic E-state index is -0.483. The molecule has 0 spiro atoms. The predicted molar refractivity (Wildman–Crippen MR) is 68.0 cm³/mol. The molecule has 0 fully saturated rings. The minimum Gasteiger partial charge on any atom is -0.349 e. The van der Waals surface area contributed by atoms with Gasteiger partial charge in [0.25, 0.3) is 0 Å². The molecule has 5 nitrogen and oxygen atoms in total. The summed E-state index contributed by atoms with van der Waals surface area (Å²) in [6, 6.07) is 7.75. The molecule has 0 radical (unpaired) electrons. The summed E-state index contributed by atoms with van der Waals surface area (Å²) in [5.41, 5.74) is 2.28. The van der Waals surface area contributed by atoms with Crippen molar-refractivity contribution in [1.29, 1.82) is 0 Å². The molecule has 2 rings (SSSR count). The molecular formula is C13H12N2O3. The third kappa shape index (κ3) is 2.29. The Labute approximate surface area is 104 Å². The van der Waals surface area contributed by atoms with Crippen molar-refractivity contribution in [2.45, 2.75) is 13.8 Å². The number of aryl methyl sites for hydroxylation is 2. The third-order valence-corrected chi connectivity index (χ3v) is 2.64. The van der Waals surface area contributed by atoms with E-state index in [1.807, 2.05) is 31.2 Å². The van der Waals surface area contributed by atoms with Gasteiger partial charge in [-0.3, -0.25) is 10.1 Å². The van der Waals surface area contributed by atoms with E-state index < -0.39 is 4.92 Å². The van der Waals surface area contributed by atoms with Crippen molar-refractivity contribution < 1.29 is 9.45 Å². The molecule has 0 aliphatic carbocycles. The molecule has 5 heteroatoms. The highest BCUT2D eigenvalue weighted by molar-refractivity contribution is 5.72. The second kappa shape index (κ2) is 4.83. The number of benzene rings is 1. The van der Waals surface area contributed by atoms with Crippen LogP contribution in [0.5, 0.6) is 0 Å². The van der Waals surface area contributed by atoms with E-state index in [4.69, 9.17) is 4.52 Å². The Bertz CT molecular complexity index is 614. The highest BCUT2D eigenvalue weighted by Crippen LogP contribution is 2.24. The molecule has 18 heavy (non-hydrogen) atoms. The van der Waals surface area contributed by atoms with Crippen LogP contribution in [-0.2, 0) is 0 Å². The maximum atomic E-state index is 10.9. The zero-order chi connectivity index (χ0) is 13.1. The van der Waals surface area contributed by atoms with E-state index >= 15 is 0 Å². The SMILES string of the molecule is Cc1ccccc1C=Cc1onc(C)c1[N+](=O)[O-]. The van der Waals surface area contributed by atoms with Crippen LogP contribution in [0, 0.1) is 24.0 Å². The molecule has 0 saturated heterocycles. The Balaban J connectivity index is 2.36. The largest absolute Gasteiger partial charge is 0.349 e. The molecule has 0 unspecified atom stereocenters. The quantitative estimate of drug-likeness (QED) is 0.613. The number of rotatable bonds is 3. The van der Waals surface area contributed by atoms with Crippen molar-refractivity contribution in [3.8, 4) is 0 Å². The second-order valence-corrected chi connectivity index (χ2v) is 3.93. The van der Waals surface area contributed by atoms with Crippen LogP contribution in [0.15, 0.2) is 28.8 Å². The van der Waals surface area contributed by atoms with Crippen molar-refractivity contribution in [2.75, 3.05) is 0 Å². The zero-order valence-electron chi connectivity index (χ0n) is 10.1. The first kappa shape index (κ1) is 12.0. The number of nitrogens with zero attached hydrogens (tertiary/aromatic N) is 2. The maximum absolute atomic E-state index is 10.9. The van der Waals surface area contributed by atoms with Crippen LogP contribution in [0.2, 0.25) is 0 Å². The fourth-order valence-corrected chi connectivity index (χ4v) is 1.65. The van der Waals surface area contributed by atoms with Gasteiger partial charge in [-0.15, -0.1) is 0 Å². The summed E-state index contributed by atoms with van der Waals surface area (Å²) in [5.74, 6) is 0.167. The molecule has 0 aliphatic rings. The van der Waals surface area contributed by atoms with Crippen molar-refractivity contribution in [1.82, 2.24) is 5.16 Å². The fourth-order valence-electron chi connectivity index (χ4n) is 1.65. The van der Waals surface area contributed by atoms with Gasteiger partial charge in [0.2, 0.25) is 5.76 Å². The normalized spacial score (nSPS) is 11.0. The van der Waals surface area contributed by atoms with E-state index in [-0.39, 0.29) is 17.1 Å². The minimum absolute atomic E-state index is 0.0835. The third-order valence-electron chi connectivity index (χ3n) is 2.64. The summed E-state index contributed by atoms with van der Waals surface area (Å²) < 4.78 is 4.94. The van der Waals surface area contributed by atoms with Crippen molar-refractivity contribution >= 4 is 17.8 Å². The first-order valence-electron chi connectivity index (χ1n) is 5.44. The van der Waals surface area contributed by atoms with Crippen LogP contribution >= 0.6 is 0 Å². The summed E-state index contributed by atoms with van der Waals surface area (Å²) in [7, 11) is 0. The average molecular weight is 244 g/mol. The molecule has 92 valence electrons. The number of aromatic nitrogens is 1. The van der Waals surface area contributed by atoms with E-state index in [9.17, 15) is 10.1 Å². The van der Waals surface area contributed by atoms with Gasteiger partial charge in [-0.05, 0) is 31.1 Å². The van der Waals surface area contributed by atoms with Gasteiger partial charge in [-0.2, -0.15) is 0 Å². The summed E-state index contributed by atoms with van der Waals surface area (Å²) in [6.07, 6.45) is 3.35. The molecule has 0 atom stereocenters. The van der Waals surface area contributed by atoms with Crippen LogP contribution in [0.1, 0.15) is 22.6 Å². The molecule has 1 aromatic heterocycles. The Hall–Kier alpha value is -2.43. The van der Waals surface area contributed by atoms with Gasteiger partial charge in [-0.1, -0.05) is 35.5 Å². The van der Waals surface area contributed by atoms with E-state index in [0.717, 1.165) is 11.1 Å². The van der Waals surface area contributed by atoms with Gasteiger partial charge in [0.05, 0.1) is 4.92 Å². The van der Waals surface area contributed by atoms with Crippen LogP contribution in [0.3, 0.4) is 0 Å². The van der Waals surface area contributed by atoms with Gasteiger partial charge in [0, 0.05) is 0 Å². The number of hydrogen-bond acceptors (Lipinski definition) is 4. The molecule has 0 amide bonds. The summed E-state index contributed by atoms with van der Waals surface area (Å²) in [5, 5.41) is 14.5. The van der Waals surface area contributed by atoms with Gasteiger partial charge < -0.3 is 4.52 Å². The lowest BCUT2D eigenvalue weighted by atomic mass is 10.1. The fraction of sp³-hybridized carbons (Fsp3) is 0.154. The van der Waals surface area contributed by atoms with Crippen LogP contribution < -0.4 is 0 Å².